The van der Waals surface area contributed by atoms with Crippen LogP contribution in [-0.2, 0) is 50.1 Å². The summed E-state index contributed by atoms with van der Waals surface area (Å²) in [5.41, 5.74) is 2.01. The molecule has 0 amide bonds. The molecule has 3 saturated heterocycles. The Balaban J connectivity index is 0.000000190. The van der Waals surface area contributed by atoms with Crippen molar-refractivity contribution in [3.05, 3.63) is 52.1 Å². The van der Waals surface area contributed by atoms with Gasteiger partial charge in [-0.25, -0.2) is 9.97 Å². The van der Waals surface area contributed by atoms with Gasteiger partial charge in [-0.2, -0.15) is 23.1 Å². The second-order valence-electron chi connectivity index (χ2n) is 13.3. The Morgan fingerprint density at radius 1 is 0.725 bits per heavy atom. The van der Waals surface area contributed by atoms with E-state index < -0.39 is 33.3 Å². The van der Waals surface area contributed by atoms with Crippen molar-refractivity contribution >= 4 is 50.8 Å². The van der Waals surface area contributed by atoms with Crippen molar-refractivity contribution in [2.24, 2.45) is 0 Å². The maximum absolute atomic E-state index is 12.8. The molecule has 5 aliphatic heterocycles. The van der Waals surface area contributed by atoms with Gasteiger partial charge in [0, 0.05) is 75.9 Å². The molecule has 7 heterocycles. The van der Waals surface area contributed by atoms with E-state index in [9.17, 15) is 21.6 Å². The number of ether oxygens (including phenoxy) is 2. The van der Waals surface area contributed by atoms with E-state index >= 15 is 0 Å². The van der Waals surface area contributed by atoms with Crippen LogP contribution >= 0.6 is 11.6 Å². The molecule has 2 atom stereocenters. The first kappa shape index (κ1) is 36.4. The minimum absolute atomic E-state index is 0.213. The van der Waals surface area contributed by atoms with Crippen LogP contribution in [0.2, 0.25) is 5.28 Å². The first-order valence-corrected chi connectivity index (χ1v) is 20.5. The molecule has 2 aromatic heterocycles. The van der Waals surface area contributed by atoms with Gasteiger partial charge in [0.2, 0.25) is 11.2 Å². The van der Waals surface area contributed by atoms with E-state index in [1.54, 1.807) is 12.1 Å². The van der Waals surface area contributed by atoms with E-state index in [1.807, 2.05) is 0 Å². The third-order valence-corrected chi connectivity index (χ3v) is 13.0. The molecule has 8 rings (SSSR count). The second-order valence-corrected chi connectivity index (χ2v) is 16.7. The topological polar surface area (TPSA) is 131 Å². The molecule has 2 N–H and O–H groups in total. The fourth-order valence-corrected chi connectivity index (χ4v) is 9.93. The Kier molecular flexibility index (Phi) is 11.4. The molecule has 0 bridgehead atoms. The largest absolute Gasteiger partial charge is 0.416 e. The molecule has 11 nitrogen and oxygen atoms in total. The van der Waals surface area contributed by atoms with Crippen molar-refractivity contribution in [1.29, 1.82) is 0 Å². The number of piperidine rings is 1. The van der Waals surface area contributed by atoms with Crippen molar-refractivity contribution in [2.75, 3.05) is 66.6 Å². The lowest BCUT2D eigenvalue weighted by Crippen LogP contribution is -2.35. The molecule has 1 aromatic carbocycles. The monoisotopic (exact) mass is 767 g/mol. The standard InChI is InChI=1S/C23H27F3N4O2S.C11H14ClN3O2S/c24-23(25,26)17-3-1-15(2-4-17)16-5-10-30(11-6-16)22-28-19-9-14-33(31)20(19)21(29-22)27-18-7-12-32-13-8-18;12-11-14-8-3-6-18(16)9(8)10(15-11)13-7-1-4-17-5-2-7/h1-4,16,18H,5-14H2,(H,27,28,29);7H,1-6H2,(H,13,14,15). The Labute approximate surface area is 304 Å². The molecule has 0 saturated carbocycles. The SMILES string of the molecule is O=S1CCc2nc(Cl)nc(NC3CCOCC3)c21.O=S1CCc2nc(N3CCC(c4ccc(C(F)(F)F)cc4)CC3)nc(NC3CCOCC3)c21. The minimum Gasteiger partial charge on any atom is -0.381 e. The van der Waals surface area contributed by atoms with E-state index in [2.05, 4.69) is 25.5 Å². The number of aryl methyl sites for hydroxylation is 2. The fraction of sp³-hybridized carbons (Fsp3) is 0.588. The molecular weight excluding hydrogens is 727 g/mol. The normalized spacial score (nSPS) is 22.9. The van der Waals surface area contributed by atoms with Gasteiger partial charge in [0.15, 0.2) is 0 Å². The number of alkyl halides is 3. The number of aromatic nitrogens is 4. The van der Waals surface area contributed by atoms with Crippen LogP contribution in [0.15, 0.2) is 34.1 Å². The van der Waals surface area contributed by atoms with Gasteiger partial charge in [0.25, 0.3) is 0 Å². The van der Waals surface area contributed by atoms with Crippen molar-refractivity contribution in [3.8, 4) is 0 Å². The number of nitrogens with zero attached hydrogens (tertiary/aromatic N) is 5. The number of benzene rings is 1. The number of anilines is 3. The second kappa shape index (κ2) is 16.0. The zero-order chi connectivity index (χ0) is 35.5. The predicted molar refractivity (Wildman–Crippen MR) is 190 cm³/mol. The number of hydrogen-bond donors (Lipinski definition) is 2. The van der Waals surface area contributed by atoms with Crippen LogP contribution in [0.25, 0.3) is 0 Å². The average molecular weight is 768 g/mol. The van der Waals surface area contributed by atoms with Gasteiger partial charge in [-0.3, -0.25) is 8.42 Å². The van der Waals surface area contributed by atoms with Crippen LogP contribution in [0, 0.1) is 0 Å². The first-order valence-electron chi connectivity index (χ1n) is 17.5. The maximum Gasteiger partial charge on any atom is 0.416 e. The smallest absolute Gasteiger partial charge is 0.381 e. The Morgan fingerprint density at radius 3 is 1.76 bits per heavy atom. The number of fused-ring (bicyclic) bond motifs is 2. The molecular formula is C34H41ClF3N7O4S2. The zero-order valence-corrected chi connectivity index (χ0v) is 30.4. The van der Waals surface area contributed by atoms with E-state index in [0.717, 1.165) is 91.6 Å². The third kappa shape index (κ3) is 8.66. The Bertz CT molecular complexity index is 1750. The molecule has 5 aliphatic rings. The fourth-order valence-electron chi connectivity index (χ4n) is 7.12. The van der Waals surface area contributed by atoms with Crippen molar-refractivity contribution in [1.82, 2.24) is 19.9 Å². The minimum atomic E-state index is -4.31. The van der Waals surface area contributed by atoms with Gasteiger partial charge < -0.3 is 25.0 Å². The number of hydrogen-bond acceptors (Lipinski definition) is 11. The third-order valence-electron chi connectivity index (χ3n) is 9.95. The van der Waals surface area contributed by atoms with Gasteiger partial charge in [0.05, 0.1) is 38.6 Å². The highest BCUT2D eigenvalue weighted by atomic mass is 35.5. The molecule has 17 heteroatoms. The lowest BCUT2D eigenvalue weighted by molar-refractivity contribution is -0.137. The predicted octanol–water partition coefficient (Wildman–Crippen LogP) is 5.52. The zero-order valence-electron chi connectivity index (χ0n) is 28.1. The highest BCUT2D eigenvalue weighted by Gasteiger charge is 2.32. The highest BCUT2D eigenvalue weighted by molar-refractivity contribution is 7.85. The summed E-state index contributed by atoms with van der Waals surface area (Å²) in [7, 11) is -2.08. The van der Waals surface area contributed by atoms with Crippen LogP contribution in [-0.4, -0.2) is 91.5 Å². The summed E-state index contributed by atoms with van der Waals surface area (Å²) in [4.78, 5) is 21.5. The van der Waals surface area contributed by atoms with Crippen LogP contribution in [0.4, 0.5) is 30.8 Å². The van der Waals surface area contributed by atoms with Crippen LogP contribution < -0.4 is 15.5 Å². The number of rotatable bonds is 6. The molecule has 51 heavy (non-hydrogen) atoms. The van der Waals surface area contributed by atoms with E-state index in [4.69, 9.17) is 31.0 Å². The average Bonchev–Trinajstić information content (AvgIpc) is 3.70. The maximum atomic E-state index is 12.8. The number of halogens is 4. The first-order chi connectivity index (χ1) is 24.6. The van der Waals surface area contributed by atoms with Gasteiger partial charge in [-0.1, -0.05) is 12.1 Å². The highest BCUT2D eigenvalue weighted by Crippen LogP contribution is 2.36. The van der Waals surface area contributed by atoms with Crippen molar-refractivity contribution in [2.45, 2.75) is 85.3 Å². The summed E-state index contributed by atoms with van der Waals surface area (Å²) in [5, 5.41) is 7.07. The molecule has 2 unspecified atom stereocenters. The summed E-state index contributed by atoms with van der Waals surface area (Å²) in [6.07, 6.45) is 2.37. The summed E-state index contributed by atoms with van der Waals surface area (Å²) in [6.45, 7) is 4.37. The molecule has 276 valence electrons. The summed E-state index contributed by atoms with van der Waals surface area (Å²) in [6, 6.07) is 6.08. The van der Waals surface area contributed by atoms with Gasteiger partial charge in [0.1, 0.15) is 21.4 Å². The van der Waals surface area contributed by atoms with E-state index in [1.165, 1.54) is 12.1 Å². The molecule has 0 radical (unpaired) electrons. The quantitative estimate of drug-likeness (QED) is 0.308. The van der Waals surface area contributed by atoms with Gasteiger partial charge in [-0.05, 0) is 73.7 Å². The van der Waals surface area contributed by atoms with Crippen LogP contribution in [0.1, 0.15) is 67.0 Å². The molecule has 0 aliphatic carbocycles. The molecule has 3 fully saturated rings. The van der Waals surface area contributed by atoms with Crippen LogP contribution in [0.5, 0.6) is 0 Å². The summed E-state index contributed by atoms with van der Waals surface area (Å²) >= 11 is 5.91. The van der Waals surface area contributed by atoms with Gasteiger partial charge in [-0.15, -0.1) is 0 Å². The van der Waals surface area contributed by atoms with Gasteiger partial charge >= 0.3 is 6.18 Å². The summed E-state index contributed by atoms with van der Waals surface area (Å²) in [5.74, 6) is 3.38. The van der Waals surface area contributed by atoms with Crippen LogP contribution in [0.3, 0.4) is 0 Å². The molecule has 3 aromatic rings. The lowest BCUT2D eigenvalue weighted by Gasteiger charge is -2.33. The van der Waals surface area contributed by atoms with Crippen molar-refractivity contribution < 1.29 is 31.1 Å². The van der Waals surface area contributed by atoms with E-state index in [-0.39, 0.29) is 17.2 Å². The Morgan fingerprint density at radius 2 is 1.24 bits per heavy atom. The summed E-state index contributed by atoms with van der Waals surface area (Å²) < 4.78 is 73.9. The lowest BCUT2D eigenvalue weighted by atomic mass is 9.89. The molecule has 0 spiro atoms. The van der Waals surface area contributed by atoms with E-state index in [0.29, 0.717) is 61.2 Å². The number of nitrogens with one attached hydrogen (secondary N) is 2. The Hall–Kier alpha value is -2.92. The van der Waals surface area contributed by atoms with Crippen molar-refractivity contribution in [3.63, 3.8) is 0 Å².